The van der Waals surface area contributed by atoms with E-state index in [0.717, 1.165) is 17.6 Å². The molecule has 0 saturated carbocycles. The normalized spacial score (nSPS) is 10.5. The first-order chi connectivity index (χ1) is 12.1. The summed E-state index contributed by atoms with van der Waals surface area (Å²) in [5.74, 6) is 1.58. The maximum absolute atomic E-state index is 10.6. The lowest BCUT2D eigenvalue weighted by Gasteiger charge is -2.12. The Morgan fingerprint density at radius 2 is 1.60 bits per heavy atom. The van der Waals surface area contributed by atoms with Gasteiger partial charge in [0, 0.05) is 6.08 Å². The molecular formula is C19H20O6. The second kappa shape index (κ2) is 9.22. The van der Waals surface area contributed by atoms with E-state index in [0.29, 0.717) is 30.3 Å². The maximum atomic E-state index is 10.6. The standard InChI is InChI=1S/C19H20O6/c1-22-15-5-7-16(8-6-15)24-11-12-25-17-9-3-14(4-10-19(20)21)13-18(17)23-2/h3-10,13H,11-12H2,1-2H3,(H,20,21). The van der Waals surface area contributed by atoms with Crippen LogP contribution in [-0.2, 0) is 4.79 Å². The first kappa shape index (κ1) is 18.2. The fourth-order valence-electron chi connectivity index (χ4n) is 2.06. The van der Waals surface area contributed by atoms with Gasteiger partial charge in [-0.2, -0.15) is 0 Å². The summed E-state index contributed by atoms with van der Waals surface area (Å²) in [5.41, 5.74) is 0.709. The Balaban J connectivity index is 1.87. The number of hydrogen-bond acceptors (Lipinski definition) is 5. The van der Waals surface area contributed by atoms with Gasteiger partial charge in [-0.3, -0.25) is 0 Å². The van der Waals surface area contributed by atoms with E-state index in [-0.39, 0.29) is 0 Å². The predicted octanol–water partition coefficient (Wildman–Crippen LogP) is 3.26. The predicted molar refractivity (Wildman–Crippen MR) is 93.6 cm³/mol. The highest BCUT2D eigenvalue weighted by Gasteiger charge is 2.05. The third-order valence-corrected chi connectivity index (χ3v) is 3.28. The van der Waals surface area contributed by atoms with Gasteiger partial charge in [0.2, 0.25) is 0 Å². The van der Waals surface area contributed by atoms with Crippen LogP contribution in [0.1, 0.15) is 5.56 Å². The number of ether oxygens (including phenoxy) is 4. The average molecular weight is 344 g/mol. The van der Waals surface area contributed by atoms with Gasteiger partial charge in [-0.25, -0.2) is 4.79 Å². The smallest absolute Gasteiger partial charge is 0.328 e. The number of carboxylic acid groups (broad SMARTS) is 1. The summed E-state index contributed by atoms with van der Waals surface area (Å²) in [4.78, 5) is 10.6. The molecule has 0 atom stereocenters. The molecule has 132 valence electrons. The highest BCUT2D eigenvalue weighted by molar-refractivity contribution is 5.85. The van der Waals surface area contributed by atoms with Crippen LogP contribution in [0, 0.1) is 0 Å². The van der Waals surface area contributed by atoms with E-state index in [9.17, 15) is 4.79 Å². The maximum Gasteiger partial charge on any atom is 0.328 e. The van der Waals surface area contributed by atoms with E-state index in [1.807, 2.05) is 24.3 Å². The first-order valence-corrected chi connectivity index (χ1v) is 7.61. The molecule has 0 aliphatic carbocycles. The summed E-state index contributed by atoms with van der Waals surface area (Å²) in [6.45, 7) is 0.711. The number of hydrogen-bond donors (Lipinski definition) is 1. The van der Waals surface area contributed by atoms with Crippen LogP contribution in [0.25, 0.3) is 6.08 Å². The molecule has 2 aromatic rings. The van der Waals surface area contributed by atoms with E-state index in [1.165, 1.54) is 13.2 Å². The van der Waals surface area contributed by atoms with E-state index in [4.69, 9.17) is 24.1 Å². The monoisotopic (exact) mass is 344 g/mol. The molecule has 6 nitrogen and oxygen atoms in total. The Morgan fingerprint density at radius 3 is 2.24 bits per heavy atom. The third-order valence-electron chi connectivity index (χ3n) is 3.28. The van der Waals surface area contributed by atoms with E-state index in [2.05, 4.69) is 0 Å². The molecule has 0 aliphatic heterocycles. The Hall–Kier alpha value is -3.15. The molecule has 6 heteroatoms. The molecule has 0 aromatic heterocycles. The minimum absolute atomic E-state index is 0.340. The van der Waals surface area contributed by atoms with Crippen molar-refractivity contribution in [2.45, 2.75) is 0 Å². The summed E-state index contributed by atoms with van der Waals surface area (Å²) in [6.07, 6.45) is 2.55. The quantitative estimate of drug-likeness (QED) is 0.556. The highest BCUT2D eigenvalue weighted by Crippen LogP contribution is 2.28. The molecule has 1 N–H and O–H groups in total. The van der Waals surface area contributed by atoms with Gasteiger partial charge in [0.05, 0.1) is 14.2 Å². The minimum atomic E-state index is -1.00. The second-order valence-corrected chi connectivity index (χ2v) is 4.95. The highest BCUT2D eigenvalue weighted by atomic mass is 16.5. The summed E-state index contributed by atoms with van der Waals surface area (Å²) >= 11 is 0. The summed E-state index contributed by atoms with van der Waals surface area (Å²) in [6, 6.07) is 12.5. The van der Waals surface area contributed by atoms with Crippen LogP contribution in [0.15, 0.2) is 48.5 Å². The average Bonchev–Trinajstić information content (AvgIpc) is 2.64. The summed E-state index contributed by atoms with van der Waals surface area (Å²) in [7, 11) is 3.14. The molecule has 0 fully saturated rings. The van der Waals surface area contributed by atoms with E-state index in [1.54, 1.807) is 25.3 Å². The Bertz CT molecular complexity index is 721. The van der Waals surface area contributed by atoms with Gasteiger partial charge in [0.25, 0.3) is 0 Å². The molecule has 0 amide bonds. The van der Waals surface area contributed by atoms with Gasteiger partial charge >= 0.3 is 5.97 Å². The van der Waals surface area contributed by atoms with Crippen LogP contribution in [0.4, 0.5) is 0 Å². The number of methoxy groups -OCH3 is 2. The van der Waals surface area contributed by atoms with Crippen molar-refractivity contribution in [3.05, 3.63) is 54.1 Å². The molecule has 0 bridgehead atoms. The summed E-state index contributed by atoms with van der Waals surface area (Å²) < 4.78 is 21.6. The largest absolute Gasteiger partial charge is 0.497 e. The van der Waals surface area contributed by atoms with Crippen molar-refractivity contribution in [2.24, 2.45) is 0 Å². The van der Waals surface area contributed by atoms with Gasteiger partial charge in [0.15, 0.2) is 11.5 Å². The van der Waals surface area contributed by atoms with Crippen molar-refractivity contribution in [1.29, 1.82) is 0 Å². The minimum Gasteiger partial charge on any atom is -0.497 e. The number of benzene rings is 2. The van der Waals surface area contributed by atoms with Gasteiger partial charge < -0.3 is 24.1 Å². The van der Waals surface area contributed by atoms with Crippen molar-refractivity contribution in [2.75, 3.05) is 27.4 Å². The molecule has 2 rings (SSSR count). The lowest BCUT2D eigenvalue weighted by atomic mass is 10.2. The van der Waals surface area contributed by atoms with Crippen LogP contribution in [0.2, 0.25) is 0 Å². The van der Waals surface area contributed by atoms with Gasteiger partial charge in [-0.1, -0.05) is 6.07 Å². The van der Waals surface area contributed by atoms with Crippen LogP contribution in [0.3, 0.4) is 0 Å². The SMILES string of the molecule is COc1ccc(OCCOc2ccc(C=CC(=O)O)cc2OC)cc1. The topological polar surface area (TPSA) is 74.2 Å². The fraction of sp³-hybridized carbons (Fsp3) is 0.211. The van der Waals surface area contributed by atoms with Gasteiger partial charge in [-0.05, 0) is 48.0 Å². The second-order valence-electron chi connectivity index (χ2n) is 4.95. The van der Waals surface area contributed by atoms with Crippen molar-refractivity contribution < 1.29 is 28.8 Å². The molecule has 0 unspecified atom stereocenters. The van der Waals surface area contributed by atoms with Crippen LogP contribution in [-0.4, -0.2) is 38.5 Å². The zero-order chi connectivity index (χ0) is 18.1. The molecular weight excluding hydrogens is 324 g/mol. The van der Waals surface area contributed by atoms with Gasteiger partial charge in [0.1, 0.15) is 24.7 Å². The van der Waals surface area contributed by atoms with E-state index >= 15 is 0 Å². The molecule has 0 spiro atoms. The molecule has 0 saturated heterocycles. The Kier molecular flexibility index (Phi) is 6.71. The zero-order valence-corrected chi connectivity index (χ0v) is 14.1. The fourth-order valence-corrected chi connectivity index (χ4v) is 2.06. The van der Waals surface area contributed by atoms with Crippen molar-refractivity contribution >= 4 is 12.0 Å². The summed E-state index contributed by atoms with van der Waals surface area (Å²) in [5, 5.41) is 8.66. The van der Waals surface area contributed by atoms with Crippen molar-refractivity contribution in [1.82, 2.24) is 0 Å². The molecule has 0 aliphatic rings. The van der Waals surface area contributed by atoms with Crippen molar-refractivity contribution in [3.8, 4) is 23.0 Å². The number of rotatable bonds is 9. The molecule has 2 aromatic carbocycles. The number of carboxylic acids is 1. The van der Waals surface area contributed by atoms with Gasteiger partial charge in [-0.15, -0.1) is 0 Å². The van der Waals surface area contributed by atoms with Crippen LogP contribution in [0.5, 0.6) is 23.0 Å². The lowest BCUT2D eigenvalue weighted by Crippen LogP contribution is -2.09. The number of carbonyl (C=O) groups is 1. The Morgan fingerprint density at radius 1 is 0.920 bits per heavy atom. The molecule has 0 heterocycles. The first-order valence-electron chi connectivity index (χ1n) is 7.61. The Labute approximate surface area is 146 Å². The van der Waals surface area contributed by atoms with E-state index < -0.39 is 5.97 Å². The third kappa shape index (κ3) is 5.76. The lowest BCUT2D eigenvalue weighted by molar-refractivity contribution is -0.131. The zero-order valence-electron chi connectivity index (χ0n) is 14.1. The number of aliphatic carboxylic acids is 1. The molecule has 0 radical (unpaired) electrons. The van der Waals surface area contributed by atoms with Crippen molar-refractivity contribution in [3.63, 3.8) is 0 Å². The van der Waals surface area contributed by atoms with Crippen LogP contribution >= 0.6 is 0 Å². The molecule has 25 heavy (non-hydrogen) atoms. The van der Waals surface area contributed by atoms with Crippen LogP contribution < -0.4 is 18.9 Å².